The lowest BCUT2D eigenvalue weighted by atomic mass is 10.0. The summed E-state index contributed by atoms with van der Waals surface area (Å²) in [6.45, 7) is 3.25. The Morgan fingerprint density at radius 1 is 1.36 bits per heavy atom. The summed E-state index contributed by atoms with van der Waals surface area (Å²) in [4.78, 5) is 0. The van der Waals surface area contributed by atoms with Crippen LogP contribution < -0.4 is 5.32 Å². The molecule has 72 valence electrons. The van der Waals surface area contributed by atoms with Gasteiger partial charge in [-0.15, -0.1) is 0 Å². The molecular weight excluding hydrogens is 174 g/mol. The number of rotatable bonds is 1. The van der Waals surface area contributed by atoms with E-state index in [-0.39, 0.29) is 0 Å². The molecule has 14 heavy (non-hydrogen) atoms. The van der Waals surface area contributed by atoms with Crippen LogP contribution in [0.25, 0.3) is 11.0 Å². The normalized spacial score (nSPS) is 21.1. The summed E-state index contributed by atoms with van der Waals surface area (Å²) in [5, 5.41) is 4.62. The number of hydrogen-bond donors (Lipinski definition) is 1. The summed E-state index contributed by atoms with van der Waals surface area (Å²) in [5.74, 6) is 1.12. The van der Waals surface area contributed by atoms with Crippen LogP contribution in [0.3, 0.4) is 0 Å². The zero-order valence-corrected chi connectivity index (χ0v) is 8.21. The molecule has 2 heterocycles. The largest absolute Gasteiger partial charge is 0.459 e. The molecule has 2 aromatic rings. The fourth-order valence-electron chi connectivity index (χ4n) is 2.04. The predicted molar refractivity (Wildman–Crippen MR) is 56.3 cm³/mol. The summed E-state index contributed by atoms with van der Waals surface area (Å²) < 4.78 is 5.84. The smallest absolute Gasteiger partial charge is 0.134 e. The first-order valence-corrected chi connectivity index (χ1v) is 5.07. The van der Waals surface area contributed by atoms with Crippen molar-refractivity contribution in [3.8, 4) is 0 Å². The van der Waals surface area contributed by atoms with Crippen molar-refractivity contribution in [2.75, 3.05) is 6.54 Å². The lowest BCUT2D eigenvalue weighted by Gasteiger charge is -2.26. The maximum atomic E-state index is 5.84. The highest BCUT2D eigenvalue weighted by Crippen LogP contribution is 2.32. The standard InChI is InChI=1S/C12H13NO/c1-8-9-4-2-3-5-11(9)14-12(8)10-6-7-13-10/h2-5,10,13H,6-7H2,1H3. The molecule has 2 nitrogen and oxygen atoms in total. The fraction of sp³-hybridized carbons (Fsp3) is 0.333. The minimum atomic E-state index is 0.447. The Morgan fingerprint density at radius 2 is 2.14 bits per heavy atom. The Bertz CT molecular complexity index is 468. The van der Waals surface area contributed by atoms with Crippen LogP contribution in [0, 0.1) is 6.92 Å². The van der Waals surface area contributed by atoms with Gasteiger partial charge in [-0.3, -0.25) is 0 Å². The Hall–Kier alpha value is -1.28. The third-order valence-electron chi connectivity index (χ3n) is 3.02. The molecule has 3 rings (SSSR count). The third-order valence-corrected chi connectivity index (χ3v) is 3.02. The van der Waals surface area contributed by atoms with Crippen LogP contribution in [0.1, 0.15) is 23.8 Å². The van der Waals surface area contributed by atoms with E-state index in [1.165, 1.54) is 17.4 Å². The van der Waals surface area contributed by atoms with Gasteiger partial charge in [-0.05, 0) is 31.5 Å². The van der Waals surface area contributed by atoms with Crippen LogP contribution in [0.4, 0.5) is 0 Å². The first kappa shape index (κ1) is 8.06. The van der Waals surface area contributed by atoms with Crippen molar-refractivity contribution in [2.24, 2.45) is 0 Å². The Kier molecular flexibility index (Phi) is 1.64. The summed E-state index contributed by atoms with van der Waals surface area (Å²) >= 11 is 0. The second-order valence-corrected chi connectivity index (χ2v) is 3.88. The number of furan rings is 1. The first-order chi connectivity index (χ1) is 6.86. The summed E-state index contributed by atoms with van der Waals surface area (Å²) in [5.41, 5.74) is 2.30. The van der Waals surface area contributed by atoms with Gasteiger partial charge in [0.1, 0.15) is 11.3 Å². The quantitative estimate of drug-likeness (QED) is 0.742. The highest BCUT2D eigenvalue weighted by atomic mass is 16.3. The number of aryl methyl sites for hydroxylation is 1. The van der Waals surface area contributed by atoms with E-state index in [1.54, 1.807) is 0 Å². The van der Waals surface area contributed by atoms with Crippen molar-refractivity contribution in [1.82, 2.24) is 5.32 Å². The van der Waals surface area contributed by atoms with Crippen LogP contribution in [-0.4, -0.2) is 6.54 Å². The highest BCUT2D eigenvalue weighted by Gasteiger charge is 2.24. The zero-order valence-electron chi connectivity index (χ0n) is 8.21. The zero-order chi connectivity index (χ0) is 9.54. The summed E-state index contributed by atoms with van der Waals surface area (Å²) in [7, 11) is 0. The van der Waals surface area contributed by atoms with Crippen molar-refractivity contribution in [3.63, 3.8) is 0 Å². The molecule has 1 aromatic carbocycles. The van der Waals surface area contributed by atoms with Crippen LogP contribution in [-0.2, 0) is 0 Å². The van der Waals surface area contributed by atoms with E-state index in [9.17, 15) is 0 Å². The van der Waals surface area contributed by atoms with Crippen molar-refractivity contribution < 1.29 is 4.42 Å². The number of fused-ring (bicyclic) bond motifs is 1. The lowest BCUT2D eigenvalue weighted by Crippen LogP contribution is -2.35. The molecule has 0 radical (unpaired) electrons. The Balaban J connectivity index is 2.19. The second-order valence-electron chi connectivity index (χ2n) is 3.88. The van der Waals surface area contributed by atoms with Gasteiger partial charge >= 0.3 is 0 Å². The number of nitrogens with one attached hydrogen (secondary N) is 1. The van der Waals surface area contributed by atoms with Gasteiger partial charge in [0.05, 0.1) is 6.04 Å². The van der Waals surface area contributed by atoms with Crippen molar-refractivity contribution in [1.29, 1.82) is 0 Å². The molecule has 1 aliphatic rings. The van der Waals surface area contributed by atoms with E-state index in [1.807, 2.05) is 12.1 Å². The molecule has 0 bridgehead atoms. The van der Waals surface area contributed by atoms with Gasteiger partial charge in [0.25, 0.3) is 0 Å². The number of para-hydroxylation sites is 1. The lowest BCUT2D eigenvalue weighted by molar-refractivity contribution is 0.325. The molecule has 2 heteroatoms. The van der Waals surface area contributed by atoms with E-state index in [2.05, 4.69) is 24.4 Å². The average molecular weight is 187 g/mol. The highest BCUT2D eigenvalue weighted by molar-refractivity contribution is 5.82. The van der Waals surface area contributed by atoms with Crippen LogP contribution in [0.5, 0.6) is 0 Å². The molecule has 1 atom stereocenters. The van der Waals surface area contributed by atoms with Gasteiger partial charge in [0, 0.05) is 5.39 Å². The molecule has 1 aromatic heterocycles. The maximum absolute atomic E-state index is 5.84. The maximum Gasteiger partial charge on any atom is 0.134 e. The fourth-order valence-corrected chi connectivity index (χ4v) is 2.04. The summed E-state index contributed by atoms with van der Waals surface area (Å²) in [6, 6.07) is 8.68. The topological polar surface area (TPSA) is 25.2 Å². The van der Waals surface area contributed by atoms with E-state index in [0.717, 1.165) is 17.9 Å². The molecule has 1 fully saturated rings. The molecule has 1 unspecified atom stereocenters. The monoisotopic (exact) mass is 187 g/mol. The van der Waals surface area contributed by atoms with Crippen molar-refractivity contribution >= 4 is 11.0 Å². The molecule has 1 N–H and O–H groups in total. The average Bonchev–Trinajstić information content (AvgIpc) is 2.43. The van der Waals surface area contributed by atoms with E-state index < -0.39 is 0 Å². The van der Waals surface area contributed by atoms with Gasteiger partial charge in [0.15, 0.2) is 0 Å². The van der Waals surface area contributed by atoms with E-state index in [0.29, 0.717) is 6.04 Å². The van der Waals surface area contributed by atoms with Gasteiger partial charge in [-0.1, -0.05) is 18.2 Å². The summed E-state index contributed by atoms with van der Waals surface area (Å²) in [6.07, 6.45) is 1.20. The number of benzene rings is 1. The first-order valence-electron chi connectivity index (χ1n) is 5.07. The van der Waals surface area contributed by atoms with Gasteiger partial charge in [0.2, 0.25) is 0 Å². The van der Waals surface area contributed by atoms with E-state index in [4.69, 9.17) is 4.42 Å². The Morgan fingerprint density at radius 3 is 2.79 bits per heavy atom. The molecule has 0 saturated carbocycles. The Labute approximate surface area is 82.9 Å². The van der Waals surface area contributed by atoms with Gasteiger partial charge in [-0.25, -0.2) is 0 Å². The molecular formula is C12H13NO. The minimum absolute atomic E-state index is 0.447. The SMILES string of the molecule is Cc1c(C2CCN2)oc2ccccc12. The van der Waals surface area contributed by atoms with Crippen molar-refractivity contribution in [3.05, 3.63) is 35.6 Å². The van der Waals surface area contributed by atoms with Crippen LogP contribution in [0.15, 0.2) is 28.7 Å². The van der Waals surface area contributed by atoms with E-state index >= 15 is 0 Å². The van der Waals surface area contributed by atoms with Crippen molar-refractivity contribution in [2.45, 2.75) is 19.4 Å². The molecule has 1 aliphatic heterocycles. The third kappa shape index (κ3) is 1.01. The van der Waals surface area contributed by atoms with Gasteiger partial charge < -0.3 is 9.73 Å². The molecule has 1 saturated heterocycles. The molecule has 0 spiro atoms. The molecule has 0 aliphatic carbocycles. The van der Waals surface area contributed by atoms with Crippen LogP contribution >= 0.6 is 0 Å². The number of hydrogen-bond acceptors (Lipinski definition) is 2. The molecule has 0 amide bonds. The predicted octanol–water partition coefficient (Wildman–Crippen LogP) is 2.78. The minimum Gasteiger partial charge on any atom is -0.459 e. The van der Waals surface area contributed by atoms with Crippen LogP contribution in [0.2, 0.25) is 0 Å². The van der Waals surface area contributed by atoms with Gasteiger partial charge in [-0.2, -0.15) is 0 Å². The second kappa shape index (κ2) is 2.85.